The number of Topliss-reactive ketones (excluding diaryl/α,β-unsaturated/α-hetero) is 1. The van der Waals surface area contributed by atoms with Crippen LogP contribution in [0.1, 0.15) is 22.8 Å². The zero-order valence-electron chi connectivity index (χ0n) is 20.6. The van der Waals surface area contributed by atoms with Gasteiger partial charge in [-0.2, -0.15) is 0 Å². The van der Waals surface area contributed by atoms with E-state index in [4.69, 9.17) is 4.74 Å². The Morgan fingerprint density at radius 1 is 1.05 bits per heavy atom. The SMILES string of the molecule is COc1ccc(C2=NC(C)NN2)c2[nH]cc(C(=O)C(=O)N3CCN(c4nccc5ccccc45)CC3)c12. The predicted molar refractivity (Wildman–Crippen MR) is 142 cm³/mol. The van der Waals surface area contributed by atoms with Gasteiger partial charge in [0.2, 0.25) is 0 Å². The molecule has 1 unspecified atom stereocenters. The molecule has 1 amide bonds. The van der Waals surface area contributed by atoms with Crippen molar-refractivity contribution in [3.63, 3.8) is 0 Å². The van der Waals surface area contributed by atoms with Crippen molar-refractivity contribution < 1.29 is 14.3 Å². The minimum absolute atomic E-state index is 0.0764. The van der Waals surface area contributed by atoms with Crippen LogP contribution in [-0.2, 0) is 4.79 Å². The molecule has 10 nitrogen and oxygen atoms in total. The van der Waals surface area contributed by atoms with Gasteiger partial charge in [-0.3, -0.25) is 9.59 Å². The van der Waals surface area contributed by atoms with E-state index in [1.54, 1.807) is 30.5 Å². The largest absolute Gasteiger partial charge is 0.496 e. The number of H-pyrrole nitrogens is 1. The number of hydrazine groups is 1. The molecule has 2 aromatic carbocycles. The standard InChI is InChI=1S/C27H27N7O3/c1-16-30-25(32-31-16)19-7-8-21(37-2)22-20(15-29-23(19)22)24(35)27(36)34-13-11-33(12-14-34)26-18-6-4-3-5-17(18)9-10-28-26/h3-10,15-16,29,31H,11-14H2,1-2H3,(H,30,32). The fourth-order valence-corrected chi connectivity index (χ4v) is 5.07. The van der Waals surface area contributed by atoms with Crippen molar-refractivity contribution in [3.05, 3.63) is 66.0 Å². The Hall–Kier alpha value is -4.44. The zero-order valence-corrected chi connectivity index (χ0v) is 20.6. The topological polar surface area (TPSA) is 115 Å². The van der Waals surface area contributed by atoms with Crippen LogP contribution in [-0.4, -0.2) is 71.8 Å². The average Bonchev–Trinajstić information content (AvgIpc) is 3.58. The Bertz CT molecular complexity index is 1550. The lowest BCUT2D eigenvalue weighted by Crippen LogP contribution is -2.50. The third kappa shape index (κ3) is 3.95. The normalized spacial score (nSPS) is 17.7. The number of piperazine rings is 1. The monoisotopic (exact) mass is 497 g/mol. The zero-order chi connectivity index (χ0) is 25.5. The molecule has 37 heavy (non-hydrogen) atoms. The molecule has 1 saturated heterocycles. The summed E-state index contributed by atoms with van der Waals surface area (Å²) in [6.07, 6.45) is 3.31. The predicted octanol–water partition coefficient (Wildman–Crippen LogP) is 2.46. The van der Waals surface area contributed by atoms with Gasteiger partial charge >= 0.3 is 0 Å². The molecule has 3 N–H and O–H groups in total. The molecule has 0 aliphatic carbocycles. The molecule has 2 aromatic heterocycles. The number of nitrogens with one attached hydrogen (secondary N) is 3. The van der Waals surface area contributed by atoms with Crippen LogP contribution in [0.2, 0.25) is 0 Å². The van der Waals surface area contributed by atoms with E-state index in [1.165, 1.54) is 0 Å². The molecule has 0 saturated carbocycles. The Balaban J connectivity index is 1.24. The highest BCUT2D eigenvalue weighted by Gasteiger charge is 2.31. The summed E-state index contributed by atoms with van der Waals surface area (Å²) in [5.41, 5.74) is 7.87. The fraction of sp³-hybridized carbons (Fsp3) is 0.259. The number of amidine groups is 1. The number of benzene rings is 2. The summed E-state index contributed by atoms with van der Waals surface area (Å²) in [4.78, 5) is 42.9. The number of carbonyl (C=O) groups excluding carboxylic acids is 2. The molecule has 2 aliphatic rings. The molecular weight excluding hydrogens is 470 g/mol. The fourth-order valence-electron chi connectivity index (χ4n) is 5.07. The highest BCUT2D eigenvalue weighted by molar-refractivity contribution is 6.45. The van der Waals surface area contributed by atoms with Crippen molar-refractivity contribution >= 4 is 45.0 Å². The first-order valence-electron chi connectivity index (χ1n) is 12.2. The molecule has 1 fully saturated rings. The van der Waals surface area contributed by atoms with Crippen molar-refractivity contribution in [1.29, 1.82) is 0 Å². The number of hydrogen-bond donors (Lipinski definition) is 3. The molecule has 0 spiro atoms. The lowest BCUT2D eigenvalue weighted by atomic mass is 10.0. The van der Waals surface area contributed by atoms with Crippen molar-refractivity contribution in [2.24, 2.45) is 4.99 Å². The van der Waals surface area contributed by atoms with Gasteiger partial charge in [0.15, 0.2) is 0 Å². The number of rotatable bonds is 5. The number of nitrogens with zero attached hydrogens (tertiary/aromatic N) is 4. The first-order valence-corrected chi connectivity index (χ1v) is 12.2. The molecular formula is C27H27N7O3. The summed E-state index contributed by atoms with van der Waals surface area (Å²) >= 11 is 0. The first-order chi connectivity index (χ1) is 18.0. The third-order valence-corrected chi connectivity index (χ3v) is 6.95. The van der Waals surface area contributed by atoms with E-state index in [9.17, 15) is 9.59 Å². The van der Waals surface area contributed by atoms with Crippen LogP contribution in [0.15, 0.2) is 59.9 Å². The second-order valence-corrected chi connectivity index (χ2v) is 9.15. The van der Waals surface area contributed by atoms with E-state index < -0.39 is 11.7 Å². The van der Waals surface area contributed by atoms with Crippen LogP contribution in [0, 0.1) is 0 Å². The van der Waals surface area contributed by atoms with Crippen LogP contribution in [0.3, 0.4) is 0 Å². The molecule has 0 radical (unpaired) electrons. The number of aromatic nitrogens is 2. The lowest BCUT2D eigenvalue weighted by molar-refractivity contribution is -0.126. The van der Waals surface area contributed by atoms with Crippen LogP contribution in [0.25, 0.3) is 21.7 Å². The molecule has 4 aromatic rings. The maximum atomic E-state index is 13.4. The molecule has 6 rings (SSSR count). The number of ketones is 1. The summed E-state index contributed by atoms with van der Waals surface area (Å²) in [7, 11) is 1.55. The van der Waals surface area contributed by atoms with E-state index in [2.05, 4.69) is 42.8 Å². The number of aromatic amines is 1. The van der Waals surface area contributed by atoms with Gasteiger partial charge in [-0.15, -0.1) is 0 Å². The van der Waals surface area contributed by atoms with Gasteiger partial charge in [-0.25, -0.2) is 15.4 Å². The van der Waals surface area contributed by atoms with E-state index in [0.717, 1.165) is 22.2 Å². The number of fused-ring (bicyclic) bond motifs is 2. The van der Waals surface area contributed by atoms with Crippen molar-refractivity contribution in [3.8, 4) is 5.75 Å². The maximum Gasteiger partial charge on any atom is 0.295 e. The van der Waals surface area contributed by atoms with Gasteiger partial charge < -0.3 is 24.9 Å². The van der Waals surface area contributed by atoms with Crippen LogP contribution in [0.4, 0.5) is 5.82 Å². The van der Waals surface area contributed by atoms with Gasteiger partial charge in [0.1, 0.15) is 23.6 Å². The molecule has 1 atom stereocenters. The molecule has 4 heterocycles. The summed E-state index contributed by atoms with van der Waals surface area (Å²) < 4.78 is 5.55. The second-order valence-electron chi connectivity index (χ2n) is 9.15. The van der Waals surface area contributed by atoms with Gasteiger partial charge in [-0.05, 0) is 30.5 Å². The van der Waals surface area contributed by atoms with Crippen molar-refractivity contribution in [1.82, 2.24) is 25.7 Å². The average molecular weight is 498 g/mol. The number of anilines is 1. The van der Waals surface area contributed by atoms with Crippen molar-refractivity contribution in [2.75, 3.05) is 38.2 Å². The molecule has 10 heteroatoms. The quantitative estimate of drug-likeness (QED) is 0.287. The highest BCUT2D eigenvalue weighted by atomic mass is 16.5. The minimum Gasteiger partial charge on any atom is -0.496 e. The third-order valence-electron chi connectivity index (χ3n) is 6.95. The van der Waals surface area contributed by atoms with Crippen LogP contribution >= 0.6 is 0 Å². The van der Waals surface area contributed by atoms with Gasteiger partial charge in [0.25, 0.3) is 11.7 Å². The summed E-state index contributed by atoms with van der Waals surface area (Å²) in [5.74, 6) is 0.988. The van der Waals surface area contributed by atoms with Gasteiger partial charge in [0.05, 0.1) is 23.6 Å². The summed E-state index contributed by atoms with van der Waals surface area (Å²) in [6.45, 7) is 3.99. The number of hydrogen-bond acceptors (Lipinski definition) is 8. The van der Waals surface area contributed by atoms with E-state index >= 15 is 0 Å². The molecule has 188 valence electrons. The molecule has 0 bridgehead atoms. The minimum atomic E-state index is -0.564. The van der Waals surface area contributed by atoms with Crippen LogP contribution < -0.4 is 20.5 Å². The summed E-state index contributed by atoms with van der Waals surface area (Å²) in [6, 6.07) is 13.8. The van der Waals surface area contributed by atoms with Crippen molar-refractivity contribution in [2.45, 2.75) is 13.1 Å². The number of methoxy groups -OCH3 is 1. The Morgan fingerprint density at radius 3 is 2.62 bits per heavy atom. The Labute approximate surface area is 213 Å². The molecule has 2 aliphatic heterocycles. The van der Waals surface area contributed by atoms with Gasteiger partial charge in [-0.1, -0.05) is 24.3 Å². The highest BCUT2D eigenvalue weighted by Crippen LogP contribution is 2.32. The number of ether oxygens (including phenoxy) is 1. The number of aliphatic imine (C=N–C) groups is 1. The summed E-state index contributed by atoms with van der Waals surface area (Å²) in [5, 5.41) is 2.77. The van der Waals surface area contributed by atoms with E-state index in [0.29, 0.717) is 48.7 Å². The number of carbonyl (C=O) groups is 2. The first kappa shape index (κ1) is 23.0. The second kappa shape index (κ2) is 9.21. The van der Waals surface area contributed by atoms with E-state index in [-0.39, 0.29) is 11.7 Å². The van der Waals surface area contributed by atoms with Gasteiger partial charge in [0, 0.05) is 49.5 Å². The maximum absolute atomic E-state index is 13.4. The smallest absolute Gasteiger partial charge is 0.295 e. The Morgan fingerprint density at radius 2 is 1.86 bits per heavy atom. The lowest BCUT2D eigenvalue weighted by Gasteiger charge is -2.35. The van der Waals surface area contributed by atoms with E-state index in [1.807, 2.05) is 31.2 Å². The number of amides is 1. The number of pyridine rings is 1. The van der Waals surface area contributed by atoms with Crippen LogP contribution in [0.5, 0.6) is 5.75 Å². The Kier molecular flexibility index (Phi) is 5.72.